The van der Waals surface area contributed by atoms with Gasteiger partial charge >= 0.3 is 0 Å². The normalized spacial score (nSPS) is 12.3. The van der Waals surface area contributed by atoms with E-state index in [2.05, 4.69) is 35.2 Å². The number of hydrogen-bond donors (Lipinski definition) is 1. The highest BCUT2D eigenvalue weighted by Gasteiger charge is 2.06. The number of rotatable bonds is 3. The lowest BCUT2D eigenvalue weighted by Gasteiger charge is -2.11. The Morgan fingerprint density at radius 2 is 2.21 bits per heavy atom. The molecule has 0 aromatic carbocycles. The Morgan fingerprint density at radius 3 is 2.71 bits per heavy atom. The van der Waals surface area contributed by atoms with E-state index in [4.69, 9.17) is 0 Å². The van der Waals surface area contributed by atoms with Crippen LogP contribution in [0.25, 0.3) is 0 Å². The summed E-state index contributed by atoms with van der Waals surface area (Å²) in [6.07, 6.45) is 3.95. The molecule has 0 aliphatic heterocycles. The van der Waals surface area contributed by atoms with Crippen LogP contribution in [0.4, 0.5) is 0 Å². The van der Waals surface area contributed by atoms with E-state index in [0.29, 0.717) is 0 Å². The smallest absolute Gasteiger partial charge is 0.125 e. The summed E-state index contributed by atoms with van der Waals surface area (Å²) in [6.45, 7) is 6.06. The lowest BCUT2D eigenvalue weighted by molar-refractivity contribution is 0.681. The van der Waals surface area contributed by atoms with Gasteiger partial charge in [0, 0.05) is 6.20 Å². The van der Waals surface area contributed by atoms with E-state index in [-0.39, 0.29) is 6.04 Å². The first-order valence-corrected chi connectivity index (χ1v) is 4.75. The standard InChI is InChI=1S/C11H17N3/c1-8(2)7-11(12-4)10-5-6-13-9(3)14-10/h5-7,11-12H,1-4H3. The minimum Gasteiger partial charge on any atom is -0.309 e. The molecule has 3 nitrogen and oxygen atoms in total. The molecule has 0 bridgehead atoms. The summed E-state index contributed by atoms with van der Waals surface area (Å²) in [4.78, 5) is 8.46. The van der Waals surface area contributed by atoms with Gasteiger partial charge in [-0.2, -0.15) is 0 Å². The molecule has 0 aliphatic rings. The van der Waals surface area contributed by atoms with Crippen LogP contribution in [0.15, 0.2) is 23.9 Å². The molecule has 76 valence electrons. The second-order valence-electron chi connectivity index (χ2n) is 3.54. The van der Waals surface area contributed by atoms with Gasteiger partial charge in [0.2, 0.25) is 0 Å². The summed E-state index contributed by atoms with van der Waals surface area (Å²) in [5.41, 5.74) is 2.29. The Hall–Kier alpha value is -1.22. The third kappa shape index (κ3) is 2.92. The zero-order valence-electron chi connectivity index (χ0n) is 9.20. The zero-order valence-corrected chi connectivity index (χ0v) is 9.20. The van der Waals surface area contributed by atoms with Crippen LogP contribution < -0.4 is 5.32 Å². The quantitative estimate of drug-likeness (QED) is 0.743. The molecule has 0 radical (unpaired) electrons. The van der Waals surface area contributed by atoms with Crippen LogP contribution in [0.5, 0.6) is 0 Å². The first kappa shape index (κ1) is 10.9. The first-order valence-electron chi connectivity index (χ1n) is 4.75. The van der Waals surface area contributed by atoms with E-state index in [1.54, 1.807) is 6.20 Å². The third-order valence-electron chi connectivity index (χ3n) is 1.93. The van der Waals surface area contributed by atoms with Crippen LogP contribution in [0.3, 0.4) is 0 Å². The van der Waals surface area contributed by atoms with Gasteiger partial charge in [-0.1, -0.05) is 11.6 Å². The van der Waals surface area contributed by atoms with Crippen molar-refractivity contribution in [1.82, 2.24) is 15.3 Å². The van der Waals surface area contributed by atoms with Crippen molar-refractivity contribution in [2.45, 2.75) is 26.8 Å². The molecule has 14 heavy (non-hydrogen) atoms. The Kier molecular flexibility index (Phi) is 3.77. The highest BCUT2D eigenvalue weighted by molar-refractivity contribution is 5.15. The lowest BCUT2D eigenvalue weighted by Crippen LogP contribution is -2.16. The van der Waals surface area contributed by atoms with E-state index >= 15 is 0 Å². The number of nitrogens with one attached hydrogen (secondary N) is 1. The lowest BCUT2D eigenvalue weighted by atomic mass is 10.1. The van der Waals surface area contributed by atoms with E-state index in [0.717, 1.165) is 11.5 Å². The second kappa shape index (κ2) is 4.86. The van der Waals surface area contributed by atoms with Crippen molar-refractivity contribution in [1.29, 1.82) is 0 Å². The molecule has 1 N–H and O–H groups in total. The van der Waals surface area contributed by atoms with E-state index in [9.17, 15) is 0 Å². The number of allylic oxidation sites excluding steroid dienone is 1. The van der Waals surface area contributed by atoms with Crippen molar-refractivity contribution in [3.8, 4) is 0 Å². The van der Waals surface area contributed by atoms with E-state index in [1.165, 1.54) is 5.57 Å². The zero-order chi connectivity index (χ0) is 10.6. The van der Waals surface area contributed by atoms with Gasteiger partial charge in [0.1, 0.15) is 5.82 Å². The van der Waals surface area contributed by atoms with E-state index in [1.807, 2.05) is 20.0 Å². The first-order chi connectivity index (χ1) is 6.63. The third-order valence-corrected chi connectivity index (χ3v) is 1.93. The highest BCUT2D eigenvalue weighted by Crippen LogP contribution is 2.12. The molecule has 1 rings (SSSR count). The molecular formula is C11H17N3. The molecule has 0 amide bonds. The van der Waals surface area contributed by atoms with E-state index < -0.39 is 0 Å². The summed E-state index contributed by atoms with van der Waals surface area (Å²) >= 11 is 0. The predicted octanol–water partition coefficient (Wildman–Crippen LogP) is 2.01. The highest BCUT2D eigenvalue weighted by atomic mass is 14.9. The fraction of sp³-hybridized carbons (Fsp3) is 0.455. The molecular weight excluding hydrogens is 174 g/mol. The fourth-order valence-electron chi connectivity index (χ4n) is 1.30. The van der Waals surface area contributed by atoms with Crippen molar-refractivity contribution >= 4 is 0 Å². The number of hydrogen-bond acceptors (Lipinski definition) is 3. The molecule has 0 saturated heterocycles. The minimum atomic E-state index is 0.182. The Balaban J connectivity index is 2.95. The average molecular weight is 191 g/mol. The Bertz CT molecular complexity index is 327. The predicted molar refractivity (Wildman–Crippen MR) is 58.0 cm³/mol. The van der Waals surface area contributed by atoms with Crippen molar-refractivity contribution in [2.24, 2.45) is 0 Å². The molecule has 0 aliphatic carbocycles. The maximum atomic E-state index is 4.38. The second-order valence-corrected chi connectivity index (χ2v) is 3.54. The summed E-state index contributed by atoms with van der Waals surface area (Å²) in [5, 5.41) is 3.21. The molecule has 0 spiro atoms. The molecule has 0 fully saturated rings. The number of likely N-dealkylation sites (N-methyl/N-ethyl adjacent to an activating group) is 1. The number of aromatic nitrogens is 2. The van der Waals surface area contributed by atoms with Crippen LogP contribution >= 0.6 is 0 Å². The molecule has 0 saturated carbocycles. The van der Waals surface area contributed by atoms with Crippen LogP contribution in [0, 0.1) is 6.92 Å². The molecule has 1 heterocycles. The van der Waals surface area contributed by atoms with Gasteiger partial charge in [0.05, 0.1) is 11.7 Å². The van der Waals surface area contributed by atoms with Crippen molar-refractivity contribution in [2.75, 3.05) is 7.05 Å². The topological polar surface area (TPSA) is 37.8 Å². The summed E-state index contributed by atoms with van der Waals surface area (Å²) < 4.78 is 0. The van der Waals surface area contributed by atoms with Gasteiger partial charge < -0.3 is 5.32 Å². The maximum absolute atomic E-state index is 4.38. The monoisotopic (exact) mass is 191 g/mol. The van der Waals surface area contributed by atoms with Gasteiger partial charge in [-0.15, -0.1) is 0 Å². The SMILES string of the molecule is CNC(C=C(C)C)c1ccnc(C)n1. The van der Waals surface area contributed by atoms with Gasteiger partial charge in [0.25, 0.3) is 0 Å². The molecule has 1 unspecified atom stereocenters. The summed E-state index contributed by atoms with van der Waals surface area (Å²) in [6, 6.07) is 2.12. The summed E-state index contributed by atoms with van der Waals surface area (Å²) in [7, 11) is 1.93. The van der Waals surface area contributed by atoms with Crippen LogP contribution in [0.1, 0.15) is 31.4 Å². The molecule has 3 heteroatoms. The minimum absolute atomic E-state index is 0.182. The van der Waals surface area contributed by atoms with Gasteiger partial charge in [0.15, 0.2) is 0 Å². The largest absolute Gasteiger partial charge is 0.309 e. The Morgan fingerprint density at radius 1 is 1.50 bits per heavy atom. The average Bonchev–Trinajstić information content (AvgIpc) is 2.14. The molecule has 1 aromatic heterocycles. The van der Waals surface area contributed by atoms with Crippen LogP contribution in [-0.2, 0) is 0 Å². The van der Waals surface area contributed by atoms with Gasteiger partial charge in [-0.05, 0) is 33.9 Å². The molecule has 1 aromatic rings. The van der Waals surface area contributed by atoms with Gasteiger partial charge in [-0.25, -0.2) is 9.97 Å². The van der Waals surface area contributed by atoms with Crippen molar-refractivity contribution < 1.29 is 0 Å². The molecule has 1 atom stereocenters. The fourth-order valence-corrected chi connectivity index (χ4v) is 1.30. The van der Waals surface area contributed by atoms with Crippen molar-refractivity contribution in [3.05, 3.63) is 35.4 Å². The van der Waals surface area contributed by atoms with Crippen LogP contribution in [-0.4, -0.2) is 17.0 Å². The summed E-state index contributed by atoms with van der Waals surface area (Å²) in [5.74, 6) is 0.810. The van der Waals surface area contributed by atoms with Crippen LogP contribution in [0.2, 0.25) is 0 Å². The van der Waals surface area contributed by atoms with Crippen molar-refractivity contribution in [3.63, 3.8) is 0 Å². The Labute approximate surface area is 85.3 Å². The maximum Gasteiger partial charge on any atom is 0.125 e. The number of aryl methyl sites for hydroxylation is 1. The number of nitrogens with zero attached hydrogens (tertiary/aromatic N) is 2. The van der Waals surface area contributed by atoms with Gasteiger partial charge in [-0.3, -0.25) is 0 Å².